The van der Waals surface area contributed by atoms with E-state index in [1.807, 2.05) is 30.0 Å². The summed E-state index contributed by atoms with van der Waals surface area (Å²) in [6, 6.07) is 24.4. The van der Waals surface area contributed by atoms with E-state index >= 15 is 0 Å². The Kier molecular flexibility index (Phi) is 4.69. The van der Waals surface area contributed by atoms with Gasteiger partial charge in [0.2, 0.25) is 0 Å². The van der Waals surface area contributed by atoms with E-state index in [0.717, 1.165) is 23.4 Å². The number of halogens is 1. The van der Waals surface area contributed by atoms with Gasteiger partial charge in [-0.2, -0.15) is 0 Å². The minimum absolute atomic E-state index is 0.0123. The lowest BCUT2D eigenvalue weighted by Crippen LogP contribution is -2.29. The number of fused-ring (bicyclic) bond motifs is 3. The quantitative estimate of drug-likeness (QED) is 0.384. The molecule has 5 rings (SSSR count). The molecule has 0 amide bonds. The van der Waals surface area contributed by atoms with Crippen LogP contribution in [0.4, 0.5) is 10.1 Å². The Labute approximate surface area is 169 Å². The molecule has 0 saturated heterocycles. The molecule has 1 nitrogen and oxygen atoms in total. The van der Waals surface area contributed by atoms with Crippen molar-refractivity contribution in [3.8, 4) is 0 Å². The predicted octanol–water partition coefficient (Wildman–Crippen LogP) is 6.94. The summed E-state index contributed by atoms with van der Waals surface area (Å²) in [5.74, 6) is 1.55. The number of anilines is 1. The van der Waals surface area contributed by atoms with Crippen molar-refractivity contribution < 1.29 is 4.39 Å². The highest BCUT2D eigenvalue weighted by Gasteiger charge is 2.38. The van der Waals surface area contributed by atoms with Crippen LogP contribution in [0.5, 0.6) is 0 Å². The van der Waals surface area contributed by atoms with Crippen molar-refractivity contribution in [1.82, 2.24) is 0 Å². The van der Waals surface area contributed by atoms with Crippen molar-refractivity contribution in [3.05, 3.63) is 107 Å². The van der Waals surface area contributed by atoms with Gasteiger partial charge in [0.25, 0.3) is 0 Å². The molecule has 3 heteroatoms. The number of thioether (sulfide) groups is 1. The van der Waals surface area contributed by atoms with Gasteiger partial charge in [0.05, 0.1) is 6.04 Å². The standard InChI is InChI=1S/C25H22FNS/c26-23-12-5-4-9-21(23)25-20-11-6-10-19(20)22-15-17(13-14-24(22)27-25)16-28-18-7-2-1-3-8-18/h1-10,12-15,19-20,25,27H,11,16H2/t19-,20+,25-/m1/s1. The number of benzene rings is 3. The molecule has 3 atom stereocenters. The maximum atomic E-state index is 14.5. The third-order valence-corrected chi connectivity index (χ3v) is 6.90. The minimum atomic E-state index is -0.120. The van der Waals surface area contributed by atoms with E-state index in [1.54, 1.807) is 12.1 Å². The fourth-order valence-electron chi connectivity index (χ4n) is 4.45. The van der Waals surface area contributed by atoms with Crippen LogP contribution in [0.1, 0.15) is 35.1 Å². The van der Waals surface area contributed by atoms with Gasteiger partial charge < -0.3 is 5.32 Å². The second-order valence-electron chi connectivity index (χ2n) is 7.52. The summed E-state index contributed by atoms with van der Waals surface area (Å²) in [5, 5.41) is 3.64. The SMILES string of the molecule is Fc1ccccc1[C@@H]1Nc2ccc(CSc3ccccc3)cc2[C@@H]2C=CC[C@@H]21. The highest BCUT2D eigenvalue weighted by Crippen LogP contribution is 2.50. The van der Waals surface area contributed by atoms with E-state index in [0.29, 0.717) is 11.8 Å². The molecule has 140 valence electrons. The first-order valence-corrected chi connectivity index (χ1v) is 10.8. The zero-order chi connectivity index (χ0) is 18.9. The van der Waals surface area contributed by atoms with Gasteiger partial charge in [-0.25, -0.2) is 4.39 Å². The number of allylic oxidation sites excluding steroid dienone is 2. The predicted molar refractivity (Wildman–Crippen MR) is 115 cm³/mol. The molecule has 0 saturated carbocycles. The zero-order valence-corrected chi connectivity index (χ0v) is 16.3. The van der Waals surface area contributed by atoms with Crippen LogP contribution in [0.2, 0.25) is 0 Å². The lowest BCUT2D eigenvalue weighted by atomic mass is 9.76. The second kappa shape index (κ2) is 7.48. The van der Waals surface area contributed by atoms with Gasteiger partial charge in [-0.05, 0) is 47.7 Å². The molecular formula is C25H22FNS. The average molecular weight is 388 g/mol. The summed E-state index contributed by atoms with van der Waals surface area (Å²) in [7, 11) is 0. The van der Waals surface area contributed by atoms with Crippen LogP contribution in [-0.2, 0) is 5.75 Å². The Hall–Kier alpha value is -2.52. The highest BCUT2D eigenvalue weighted by molar-refractivity contribution is 7.98. The molecule has 1 N–H and O–H groups in total. The first-order chi connectivity index (χ1) is 13.8. The van der Waals surface area contributed by atoms with Crippen LogP contribution >= 0.6 is 11.8 Å². The van der Waals surface area contributed by atoms with Crippen LogP contribution in [0.15, 0.2) is 89.8 Å². The van der Waals surface area contributed by atoms with E-state index in [4.69, 9.17) is 0 Å². The first-order valence-electron chi connectivity index (χ1n) is 9.78. The van der Waals surface area contributed by atoms with Crippen molar-refractivity contribution in [1.29, 1.82) is 0 Å². The first kappa shape index (κ1) is 17.6. The van der Waals surface area contributed by atoms with Crippen LogP contribution < -0.4 is 5.32 Å². The monoisotopic (exact) mass is 387 g/mol. The van der Waals surface area contributed by atoms with Crippen LogP contribution in [0, 0.1) is 11.7 Å². The Balaban J connectivity index is 1.43. The van der Waals surface area contributed by atoms with E-state index in [2.05, 4.69) is 59.9 Å². The van der Waals surface area contributed by atoms with Crippen molar-refractivity contribution in [2.24, 2.45) is 5.92 Å². The third-order valence-electron chi connectivity index (χ3n) is 5.82. The Bertz CT molecular complexity index is 1010. The van der Waals surface area contributed by atoms with Crippen molar-refractivity contribution >= 4 is 17.4 Å². The summed E-state index contributed by atoms with van der Waals surface area (Å²) < 4.78 is 14.5. The van der Waals surface area contributed by atoms with Crippen molar-refractivity contribution in [3.63, 3.8) is 0 Å². The summed E-state index contributed by atoms with van der Waals surface area (Å²) in [6.07, 6.45) is 5.55. The summed E-state index contributed by atoms with van der Waals surface area (Å²) in [4.78, 5) is 1.29. The van der Waals surface area contributed by atoms with Crippen LogP contribution in [-0.4, -0.2) is 0 Å². The van der Waals surface area contributed by atoms with Gasteiger partial charge in [0, 0.05) is 27.8 Å². The number of hydrogen-bond acceptors (Lipinski definition) is 2. The molecule has 0 radical (unpaired) electrons. The Morgan fingerprint density at radius 2 is 1.75 bits per heavy atom. The van der Waals surface area contributed by atoms with E-state index in [1.165, 1.54) is 16.0 Å². The lowest BCUT2D eigenvalue weighted by molar-refractivity contribution is 0.413. The molecule has 1 heterocycles. The number of nitrogens with one attached hydrogen (secondary N) is 1. The molecule has 0 fully saturated rings. The molecule has 2 aliphatic rings. The molecule has 3 aromatic carbocycles. The van der Waals surface area contributed by atoms with Crippen LogP contribution in [0.3, 0.4) is 0 Å². The molecule has 1 aliphatic carbocycles. The van der Waals surface area contributed by atoms with Gasteiger partial charge in [-0.1, -0.05) is 60.7 Å². The topological polar surface area (TPSA) is 12.0 Å². The van der Waals surface area contributed by atoms with Gasteiger partial charge in [0.15, 0.2) is 0 Å². The molecule has 0 bridgehead atoms. The Morgan fingerprint density at radius 3 is 2.61 bits per heavy atom. The smallest absolute Gasteiger partial charge is 0.128 e. The van der Waals surface area contributed by atoms with Gasteiger partial charge in [0.1, 0.15) is 5.82 Å². The van der Waals surface area contributed by atoms with Crippen molar-refractivity contribution in [2.45, 2.75) is 29.0 Å². The van der Waals surface area contributed by atoms with E-state index < -0.39 is 0 Å². The number of hydrogen-bond donors (Lipinski definition) is 1. The molecule has 1 aliphatic heterocycles. The number of rotatable bonds is 4. The fourth-order valence-corrected chi connectivity index (χ4v) is 5.31. The maximum Gasteiger partial charge on any atom is 0.128 e. The normalized spacial score (nSPS) is 22.4. The summed E-state index contributed by atoms with van der Waals surface area (Å²) in [5.41, 5.74) is 4.58. The van der Waals surface area contributed by atoms with Gasteiger partial charge in [-0.15, -0.1) is 11.8 Å². The van der Waals surface area contributed by atoms with Crippen molar-refractivity contribution in [2.75, 3.05) is 5.32 Å². The largest absolute Gasteiger partial charge is 0.378 e. The van der Waals surface area contributed by atoms with E-state index in [-0.39, 0.29) is 11.9 Å². The molecular weight excluding hydrogens is 365 g/mol. The highest BCUT2D eigenvalue weighted by atomic mass is 32.2. The van der Waals surface area contributed by atoms with Crippen LogP contribution in [0.25, 0.3) is 0 Å². The Morgan fingerprint density at radius 1 is 0.929 bits per heavy atom. The minimum Gasteiger partial charge on any atom is -0.378 e. The van der Waals surface area contributed by atoms with Gasteiger partial charge >= 0.3 is 0 Å². The zero-order valence-electron chi connectivity index (χ0n) is 15.5. The lowest BCUT2D eigenvalue weighted by Gasteiger charge is -2.38. The van der Waals surface area contributed by atoms with E-state index in [9.17, 15) is 4.39 Å². The molecule has 0 aromatic heterocycles. The maximum absolute atomic E-state index is 14.5. The summed E-state index contributed by atoms with van der Waals surface area (Å²) in [6.45, 7) is 0. The van der Waals surface area contributed by atoms with Gasteiger partial charge in [-0.3, -0.25) is 0 Å². The molecule has 3 aromatic rings. The third kappa shape index (κ3) is 3.24. The summed E-state index contributed by atoms with van der Waals surface area (Å²) >= 11 is 1.86. The molecule has 0 unspecified atom stereocenters. The molecule has 28 heavy (non-hydrogen) atoms. The fraction of sp³-hybridized carbons (Fsp3) is 0.200. The second-order valence-corrected chi connectivity index (χ2v) is 8.57. The average Bonchev–Trinajstić information content (AvgIpc) is 3.23. The molecule has 0 spiro atoms.